The second-order valence-electron chi connectivity index (χ2n) is 6.53. The predicted octanol–water partition coefficient (Wildman–Crippen LogP) is 3.33. The third kappa shape index (κ3) is 5.56. The van der Waals surface area contributed by atoms with Crippen molar-refractivity contribution in [1.82, 2.24) is 9.80 Å². The van der Waals surface area contributed by atoms with Crippen LogP contribution < -0.4 is 0 Å². The minimum atomic E-state index is -5.72. The van der Waals surface area contributed by atoms with E-state index in [-0.39, 0.29) is 0 Å². The number of carbonyl (C=O) groups excluding carboxylic acids is 1. The second kappa shape index (κ2) is 6.79. The molecule has 6 nitrogen and oxygen atoms in total. The fourth-order valence-corrected chi connectivity index (χ4v) is 2.44. The van der Waals surface area contributed by atoms with Gasteiger partial charge in [0.1, 0.15) is 5.60 Å². The van der Waals surface area contributed by atoms with E-state index in [4.69, 9.17) is 9.84 Å². The number of rotatable bonds is 1. The van der Waals surface area contributed by atoms with Crippen molar-refractivity contribution in [2.45, 2.75) is 44.8 Å². The number of carboxylic acid groups (broad SMARTS) is 1. The Balaban J connectivity index is 3.26. The van der Waals surface area contributed by atoms with E-state index in [2.05, 4.69) is 0 Å². The molecule has 0 aromatic rings. The Bertz CT molecular complexity index is 500. The van der Waals surface area contributed by atoms with Crippen LogP contribution in [0.25, 0.3) is 0 Å². The average Bonchev–Trinajstić information content (AvgIpc) is 2.32. The first-order valence-corrected chi connectivity index (χ1v) is 7.15. The van der Waals surface area contributed by atoms with Gasteiger partial charge in [-0.05, 0) is 20.8 Å². The highest BCUT2D eigenvalue weighted by molar-refractivity contribution is 5.70. The van der Waals surface area contributed by atoms with Crippen LogP contribution in [0.2, 0.25) is 0 Å². The monoisotopic (exact) mass is 380 g/mol. The second-order valence-corrected chi connectivity index (χ2v) is 6.53. The highest BCUT2D eigenvalue weighted by Gasteiger charge is 2.63. The topological polar surface area (TPSA) is 70.1 Å². The lowest BCUT2D eigenvalue weighted by atomic mass is 9.94. The van der Waals surface area contributed by atoms with Gasteiger partial charge in [0.2, 0.25) is 0 Å². The van der Waals surface area contributed by atoms with Gasteiger partial charge < -0.3 is 19.6 Å². The molecule has 1 unspecified atom stereocenters. The molecule has 0 saturated carbocycles. The van der Waals surface area contributed by atoms with Crippen LogP contribution in [-0.2, 0) is 4.74 Å². The third-order valence-electron chi connectivity index (χ3n) is 3.41. The smallest absolute Gasteiger partial charge is 0.410 e. The summed E-state index contributed by atoms with van der Waals surface area (Å²) in [6, 6.07) is -2.47. The molecule has 0 aromatic carbocycles. The molecule has 1 fully saturated rings. The molecule has 1 N–H and O–H groups in total. The van der Waals surface area contributed by atoms with Crippen LogP contribution in [0.3, 0.4) is 0 Å². The highest BCUT2D eigenvalue weighted by Crippen LogP contribution is 2.44. The standard InChI is InChI=1S/C13H18F6N2O4/c1-11(2,3)25-10(24)21-5-4-20(9(22)23)6-7(21)8(12(14,15)16)13(17,18)19/h7-8H,4-6H2,1-3H3,(H,22,23). The maximum Gasteiger partial charge on any atom is 0.410 e. The van der Waals surface area contributed by atoms with Crippen molar-refractivity contribution < 1.29 is 45.8 Å². The van der Waals surface area contributed by atoms with Crippen LogP contribution in [0.5, 0.6) is 0 Å². The summed E-state index contributed by atoms with van der Waals surface area (Å²) in [6.45, 7) is 2.01. The lowest BCUT2D eigenvalue weighted by Gasteiger charge is -2.44. The molecule has 146 valence electrons. The zero-order valence-electron chi connectivity index (χ0n) is 13.6. The summed E-state index contributed by atoms with van der Waals surface area (Å²) in [7, 11) is 0. The van der Waals surface area contributed by atoms with Gasteiger partial charge in [-0.1, -0.05) is 0 Å². The summed E-state index contributed by atoms with van der Waals surface area (Å²) in [6.07, 6.45) is -14.5. The molecule has 1 saturated heterocycles. The number of amides is 2. The number of hydrogen-bond donors (Lipinski definition) is 1. The SMILES string of the molecule is CC(C)(C)OC(=O)N1CCN(C(=O)O)CC1C(C(F)(F)F)C(F)(F)F. The van der Waals surface area contributed by atoms with E-state index in [1.807, 2.05) is 0 Å². The number of piperazine rings is 1. The Morgan fingerprint density at radius 1 is 1.04 bits per heavy atom. The molecule has 0 aromatic heterocycles. The van der Waals surface area contributed by atoms with Gasteiger partial charge in [0.05, 0.1) is 6.04 Å². The Morgan fingerprint density at radius 3 is 1.88 bits per heavy atom. The van der Waals surface area contributed by atoms with Crippen molar-refractivity contribution in [1.29, 1.82) is 0 Å². The summed E-state index contributed by atoms with van der Waals surface area (Å²) < 4.78 is 83.1. The number of carbonyl (C=O) groups is 2. The van der Waals surface area contributed by atoms with Crippen molar-refractivity contribution in [2.24, 2.45) is 5.92 Å². The molecule has 1 rings (SSSR count). The number of nitrogens with zero attached hydrogens (tertiary/aromatic N) is 2. The predicted molar refractivity (Wildman–Crippen MR) is 71.9 cm³/mol. The van der Waals surface area contributed by atoms with Crippen molar-refractivity contribution in [3.05, 3.63) is 0 Å². The van der Waals surface area contributed by atoms with E-state index < -0.39 is 61.7 Å². The molecule has 1 aliphatic heterocycles. The molecule has 0 aliphatic carbocycles. The van der Waals surface area contributed by atoms with Crippen molar-refractivity contribution in [3.8, 4) is 0 Å². The molecule has 1 heterocycles. The normalized spacial score (nSPS) is 20.0. The van der Waals surface area contributed by atoms with Gasteiger partial charge in [0.15, 0.2) is 5.92 Å². The Morgan fingerprint density at radius 2 is 1.52 bits per heavy atom. The molecule has 1 aliphatic rings. The van der Waals surface area contributed by atoms with Crippen LogP contribution >= 0.6 is 0 Å². The summed E-state index contributed by atoms with van der Waals surface area (Å²) in [4.78, 5) is 23.7. The van der Waals surface area contributed by atoms with Crippen molar-refractivity contribution in [2.75, 3.05) is 19.6 Å². The van der Waals surface area contributed by atoms with Gasteiger partial charge >= 0.3 is 24.5 Å². The Labute approximate surface area is 139 Å². The summed E-state index contributed by atoms with van der Waals surface area (Å²) in [5, 5.41) is 8.88. The first-order chi connectivity index (χ1) is 11.0. The molecule has 2 amide bonds. The van der Waals surface area contributed by atoms with Gasteiger partial charge in [-0.2, -0.15) is 26.3 Å². The molecular weight excluding hydrogens is 362 g/mol. The summed E-state index contributed by atoms with van der Waals surface area (Å²) >= 11 is 0. The summed E-state index contributed by atoms with van der Waals surface area (Å²) in [5.74, 6) is -3.89. The van der Waals surface area contributed by atoms with Gasteiger partial charge in [0, 0.05) is 19.6 Å². The molecule has 0 spiro atoms. The average molecular weight is 380 g/mol. The van der Waals surface area contributed by atoms with Crippen LogP contribution in [0.15, 0.2) is 0 Å². The molecule has 1 atom stereocenters. The van der Waals surface area contributed by atoms with Crippen molar-refractivity contribution in [3.63, 3.8) is 0 Å². The largest absolute Gasteiger partial charge is 0.465 e. The van der Waals surface area contributed by atoms with Gasteiger partial charge in [0.25, 0.3) is 0 Å². The molecule has 25 heavy (non-hydrogen) atoms. The number of halogens is 6. The first-order valence-electron chi connectivity index (χ1n) is 7.15. The molecule has 0 bridgehead atoms. The third-order valence-corrected chi connectivity index (χ3v) is 3.41. The van der Waals surface area contributed by atoms with Gasteiger partial charge in [-0.25, -0.2) is 9.59 Å². The minimum absolute atomic E-state index is 0.302. The molecular formula is C13H18F6N2O4. The van der Waals surface area contributed by atoms with E-state index in [9.17, 15) is 35.9 Å². The van der Waals surface area contributed by atoms with Gasteiger partial charge in [-0.15, -0.1) is 0 Å². The van der Waals surface area contributed by atoms with E-state index in [1.54, 1.807) is 0 Å². The minimum Gasteiger partial charge on any atom is -0.465 e. The highest BCUT2D eigenvalue weighted by atomic mass is 19.4. The maximum absolute atomic E-state index is 13.0. The zero-order chi connectivity index (χ0) is 19.8. The van der Waals surface area contributed by atoms with E-state index >= 15 is 0 Å². The van der Waals surface area contributed by atoms with Crippen LogP contribution in [0.1, 0.15) is 20.8 Å². The summed E-state index contributed by atoms with van der Waals surface area (Å²) in [5.41, 5.74) is -1.14. The van der Waals surface area contributed by atoms with E-state index in [0.717, 1.165) is 0 Å². The number of hydrogen-bond acceptors (Lipinski definition) is 3. The lowest BCUT2D eigenvalue weighted by molar-refractivity contribution is -0.300. The van der Waals surface area contributed by atoms with Crippen molar-refractivity contribution >= 4 is 12.2 Å². The van der Waals surface area contributed by atoms with Crippen LogP contribution in [-0.4, -0.2) is 70.7 Å². The van der Waals surface area contributed by atoms with E-state index in [1.165, 1.54) is 20.8 Å². The first kappa shape index (κ1) is 21.2. The fourth-order valence-electron chi connectivity index (χ4n) is 2.44. The van der Waals surface area contributed by atoms with Gasteiger partial charge in [-0.3, -0.25) is 0 Å². The molecule has 12 heteroatoms. The van der Waals surface area contributed by atoms with E-state index in [0.29, 0.717) is 9.80 Å². The number of ether oxygens (including phenoxy) is 1. The number of alkyl halides is 6. The quantitative estimate of drug-likeness (QED) is 0.709. The molecule has 0 radical (unpaired) electrons. The van der Waals surface area contributed by atoms with Crippen LogP contribution in [0.4, 0.5) is 35.9 Å². The Kier molecular flexibility index (Phi) is 5.75. The lowest BCUT2D eigenvalue weighted by Crippen LogP contribution is -2.64. The fraction of sp³-hybridized carbons (Fsp3) is 0.846. The maximum atomic E-state index is 13.0. The Hall–Kier alpha value is -1.88. The zero-order valence-corrected chi connectivity index (χ0v) is 13.6. The van der Waals surface area contributed by atoms with Crippen LogP contribution in [0, 0.1) is 5.92 Å².